The van der Waals surface area contributed by atoms with Crippen molar-refractivity contribution in [3.63, 3.8) is 0 Å². The van der Waals surface area contributed by atoms with E-state index in [2.05, 4.69) is 83.1 Å². The van der Waals surface area contributed by atoms with Crippen molar-refractivity contribution in [1.29, 1.82) is 0 Å². The highest BCUT2D eigenvalue weighted by Gasteiger charge is 2.57. The van der Waals surface area contributed by atoms with Crippen LogP contribution in [0.2, 0.25) is 0 Å². The molecule has 0 heterocycles. The maximum absolute atomic E-state index is 2.49. The highest BCUT2D eigenvalue weighted by molar-refractivity contribution is 5.64. The Morgan fingerprint density at radius 2 is 1.38 bits per heavy atom. The van der Waals surface area contributed by atoms with Crippen molar-refractivity contribution in [3.8, 4) is 11.1 Å². The van der Waals surface area contributed by atoms with Gasteiger partial charge in [0, 0.05) is 0 Å². The SMILES string of the molecule is CCc1ccc(-c2ccc(CC(C)(CC)[C@@]3(C)C[C@@H]3C)cc2)cc1. The van der Waals surface area contributed by atoms with Gasteiger partial charge in [0.05, 0.1) is 0 Å². The molecule has 2 aromatic carbocycles. The van der Waals surface area contributed by atoms with Crippen LogP contribution in [0.25, 0.3) is 11.1 Å². The Bertz CT molecular complexity index is 679. The van der Waals surface area contributed by atoms with Crippen LogP contribution in [0.5, 0.6) is 0 Å². The molecular weight excluding hydrogens is 288 g/mol. The summed E-state index contributed by atoms with van der Waals surface area (Å²) < 4.78 is 0. The predicted molar refractivity (Wildman–Crippen MR) is 105 cm³/mol. The second-order valence-electron chi connectivity index (χ2n) is 8.36. The van der Waals surface area contributed by atoms with Crippen LogP contribution in [0.3, 0.4) is 0 Å². The summed E-state index contributed by atoms with van der Waals surface area (Å²) in [5, 5.41) is 0. The maximum atomic E-state index is 2.49. The molecule has 0 N–H and O–H groups in total. The molecule has 1 aliphatic rings. The van der Waals surface area contributed by atoms with Gasteiger partial charge < -0.3 is 0 Å². The monoisotopic (exact) mass is 320 g/mol. The number of benzene rings is 2. The number of hydrogen-bond acceptors (Lipinski definition) is 0. The third kappa shape index (κ3) is 3.04. The van der Waals surface area contributed by atoms with Crippen LogP contribution in [0.4, 0.5) is 0 Å². The normalized spacial score (nSPS) is 25.3. The van der Waals surface area contributed by atoms with E-state index >= 15 is 0 Å². The molecular formula is C24H32. The van der Waals surface area contributed by atoms with E-state index in [0.717, 1.165) is 12.3 Å². The van der Waals surface area contributed by atoms with Gasteiger partial charge in [-0.3, -0.25) is 0 Å². The standard InChI is InChI=1S/C24H32/c1-6-19-8-12-21(13-9-19)22-14-10-20(11-15-22)17-23(4,7-2)24(5)16-18(24)3/h8-15,18H,6-7,16-17H2,1-5H3/t18-,23?,24-/m0/s1. The molecule has 3 atom stereocenters. The fourth-order valence-corrected chi connectivity index (χ4v) is 4.35. The molecule has 3 rings (SSSR count). The Morgan fingerprint density at radius 3 is 1.75 bits per heavy atom. The summed E-state index contributed by atoms with van der Waals surface area (Å²) in [4.78, 5) is 0. The Hall–Kier alpha value is -1.56. The Morgan fingerprint density at radius 1 is 0.917 bits per heavy atom. The summed E-state index contributed by atoms with van der Waals surface area (Å²) in [5.41, 5.74) is 6.47. The van der Waals surface area contributed by atoms with E-state index < -0.39 is 0 Å². The third-order valence-corrected chi connectivity index (χ3v) is 7.06. The van der Waals surface area contributed by atoms with E-state index in [0.29, 0.717) is 10.8 Å². The Kier molecular flexibility index (Phi) is 4.60. The largest absolute Gasteiger partial charge is 0.0648 e. The molecule has 0 aromatic heterocycles. The van der Waals surface area contributed by atoms with Gasteiger partial charge >= 0.3 is 0 Å². The predicted octanol–water partition coefficient (Wildman–Crippen LogP) is 6.92. The van der Waals surface area contributed by atoms with Gasteiger partial charge in [0.1, 0.15) is 0 Å². The van der Waals surface area contributed by atoms with Crippen molar-refractivity contribution in [2.24, 2.45) is 16.7 Å². The van der Waals surface area contributed by atoms with E-state index in [1.54, 1.807) is 0 Å². The molecule has 128 valence electrons. The van der Waals surface area contributed by atoms with Crippen LogP contribution in [-0.4, -0.2) is 0 Å². The van der Waals surface area contributed by atoms with Crippen LogP contribution >= 0.6 is 0 Å². The van der Waals surface area contributed by atoms with E-state index in [1.807, 2.05) is 0 Å². The smallest absolute Gasteiger partial charge is 0.0184 e. The summed E-state index contributed by atoms with van der Waals surface area (Å²) in [6.07, 6.45) is 4.94. The van der Waals surface area contributed by atoms with E-state index in [4.69, 9.17) is 0 Å². The van der Waals surface area contributed by atoms with E-state index in [9.17, 15) is 0 Å². The maximum Gasteiger partial charge on any atom is -0.0184 e. The first-order valence-electron chi connectivity index (χ1n) is 9.60. The number of hydrogen-bond donors (Lipinski definition) is 0. The number of aryl methyl sites for hydroxylation is 1. The summed E-state index contributed by atoms with van der Waals surface area (Å²) >= 11 is 0. The fraction of sp³-hybridized carbons (Fsp3) is 0.500. The molecule has 0 spiro atoms. The lowest BCUT2D eigenvalue weighted by molar-refractivity contribution is 0.154. The topological polar surface area (TPSA) is 0 Å². The van der Waals surface area contributed by atoms with Gasteiger partial charge in [-0.25, -0.2) is 0 Å². The van der Waals surface area contributed by atoms with Gasteiger partial charge in [-0.1, -0.05) is 83.1 Å². The van der Waals surface area contributed by atoms with Gasteiger partial charge in [0.2, 0.25) is 0 Å². The van der Waals surface area contributed by atoms with Crippen molar-refractivity contribution in [2.45, 2.75) is 60.3 Å². The molecule has 1 fully saturated rings. The molecule has 1 unspecified atom stereocenters. The van der Waals surface area contributed by atoms with Crippen LogP contribution in [0, 0.1) is 16.7 Å². The van der Waals surface area contributed by atoms with E-state index in [1.165, 1.54) is 41.5 Å². The lowest BCUT2D eigenvalue weighted by atomic mass is 9.68. The molecule has 0 saturated heterocycles. The van der Waals surface area contributed by atoms with Crippen molar-refractivity contribution in [1.82, 2.24) is 0 Å². The molecule has 0 heteroatoms. The quantitative estimate of drug-likeness (QED) is 0.542. The second kappa shape index (κ2) is 6.39. The average molecular weight is 321 g/mol. The minimum atomic E-state index is 0.413. The zero-order valence-corrected chi connectivity index (χ0v) is 16.0. The summed E-state index contributed by atoms with van der Waals surface area (Å²) in [5.74, 6) is 0.874. The molecule has 24 heavy (non-hydrogen) atoms. The highest BCUT2D eigenvalue weighted by Crippen LogP contribution is 2.65. The third-order valence-electron chi connectivity index (χ3n) is 7.06. The van der Waals surface area contributed by atoms with Gasteiger partial charge in [-0.15, -0.1) is 0 Å². The van der Waals surface area contributed by atoms with Crippen LogP contribution < -0.4 is 0 Å². The van der Waals surface area contributed by atoms with Crippen molar-refractivity contribution in [3.05, 3.63) is 59.7 Å². The van der Waals surface area contributed by atoms with Crippen molar-refractivity contribution < 1.29 is 0 Å². The first-order chi connectivity index (χ1) is 11.4. The first kappa shape index (κ1) is 17.3. The van der Waals surface area contributed by atoms with Gasteiger partial charge in [-0.05, 0) is 64.7 Å². The highest BCUT2D eigenvalue weighted by atomic mass is 14.6. The Labute approximate surface area is 148 Å². The first-order valence-corrected chi connectivity index (χ1v) is 9.60. The Balaban J connectivity index is 1.76. The molecule has 0 amide bonds. The lowest BCUT2D eigenvalue weighted by Crippen LogP contribution is -2.30. The molecule has 0 bridgehead atoms. The number of rotatable bonds is 6. The van der Waals surface area contributed by atoms with Gasteiger partial charge in [0.15, 0.2) is 0 Å². The van der Waals surface area contributed by atoms with E-state index in [-0.39, 0.29) is 0 Å². The molecule has 1 saturated carbocycles. The average Bonchev–Trinajstić information content (AvgIpc) is 3.24. The van der Waals surface area contributed by atoms with Crippen molar-refractivity contribution in [2.75, 3.05) is 0 Å². The van der Waals surface area contributed by atoms with Crippen LogP contribution in [0.15, 0.2) is 48.5 Å². The van der Waals surface area contributed by atoms with Gasteiger partial charge in [-0.2, -0.15) is 0 Å². The fourth-order valence-electron chi connectivity index (χ4n) is 4.35. The second-order valence-corrected chi connectivity index (χ2v) is 8.36. The zero-order valence-electron chi connectivity index (χ0n) is 16.0. The molecule has 1 aliphatic carbocycles. The summed E-state index contributed by atoms with van der Waals surface area (Å²) in [6, 6.07) is 18.3. The van der Waals surface area contributed by atoms with Crippen molar-refractivity contribution >= 4 is 0 Å². The molecule has 0 nitrogen and oxygen atoms in total. The molecule has 0 radical (unpaired) electrons. The lowest BCUT2D eigenvalue weighted by Gasteiger charge is -2.36. The minimum absolute atomic E-state index is 0.413. The summed E-state index contributed by atoms with van der Waals surface area (Å²) in [6.45, 7) is 12.0. The van der Waals surface area contributed by atoms with Crippen LogP contribution in [-0.2, 0) is 12.8 Å². The van der Waals surface area contributed by atoms with Gasteiger partial charge in [0.25, 0.3) is 0 Å². The molecule has 2 aromatic rings. The molecule has 0 aliphatic heterocycles. The minimum Gasteiger partial charge on any atom is -0.0648 e. The summed E-state index contributed by atoms with van der Waals surface area (Å²) in [7, 11) is 0. The zero-order chi connectivity index (χ0) is 17.4. The van der Waals surface area contributed by atoms with Crippen LogP contribution in [0.1, 0.15) is 58.6 Å².